The molecule has 0 bridgehead atoms. The van der Waals surface area contributed by atoms with Crippen LogP contribution in [0.2, 0.25) is 0 Å². The third kappa shape index (κ3) is 6.34. The summed E-state index contributed by atoms with van der Waals surface area (Å²) >= 11 is 0. The van der Waals surface area contributed by atoms with Crippen molar-refractivity contribution in [1.82, 2.24) is 20.8 Å². The van der Waals surface area contributed by atoms with Crippen molar-refractivity contribution in [1.29, 1.82) is 0 Å². The van der Waals surface area contributed by atoms with Crippen molar-refractivity contribution in [3.05, 3.63) is 36.2 Å². The molecule has 2 rings (SSSR count). The lowest BCUT2D eigenvalue weighted by Gasteiger charge is -2.06. The van der Waals surface area contributed by atoms with Crippen molar-refractivity contribution >= 4 is 17.8 Å². The van der Waals surface area contributed by atoms with Crippen molar-refractivity contribution in [3.63, 3.8) is 0 Å². The first-order chi connectivity index (χ1) is 12.6. The second-order valence-corrected chi connectivity index (χ2v) is 5.27. The van der Waals surface area contributed by atoms with Gasteiger partial charge < -0.3 is 19.9 Å². The molecular weight excluding hydrogens is 340 g/mol. The number of likely N-dealkylation sites (N-methyl/N-ethyl adjacent to an activating group) is 1. The van der Waals surface area contributed by atoms with Gasteiger partial charge in [0.15, 0.2) is 6.61 Å². The van der Waals surface area contributed by atoms with E-state index in [-0.39, 0.29) is 25.3 Å². The topological polar surface area (TPSA) is 123 Å². The Labute approximate surface area is 150 Å². The maximum absolute atomic E-state index is 11.7. The van der Waals surface area contributed by atoms with Gasteiger partial charge in [0.05, 0.1) is 13.0 Å². The Morgan fingerprint density at radius 3 is 2.62 bits per heavy atom. The molecule has 0 saturated carbocycles. The van der Waals surface area contributed by atoms with E-state index >= 15 is 0 Å². The normalized spacial score (nSPS) is 10.2. The van der Waals surface area contributed by atoms with Gasteiger partial charge in [-0.05, 0) is 6.92 Å². The summed E-state index contributed by atoms with van der Waals surface area (Å²) in [4.78, 5) is 38.5. The van der Waals surface area contributed by atoms with Gasteiger partial charge in [-0.25, -0.2) is 0 Å². The second kappa shape index (κ2) is 9.92. The van der Waals surface area contributed by atoms with Crippen LogP contribution in [0, 0.1) is 0 Å². The van der Waals surface area contributed by atoms with Gasteiger partial charge in [0.1, 0.15) is 0 Å². The van der Waals surface area contributed by atoms with Crippen LogP contribution in [0.5, 0.6) is 0 Å². The quantitative estimate of drug-likeness (QED) is 0.623. The van der Waals surface area contributed by atoms with E-state index in [1.54, 1.807) is 6.92 Å². The van der Waals surface area contributed by atoms with Gasteiger partial charge in [-0.2, -0.15) is 4.98 Å². The molecule has 0 aliphatic carbocycles. The standard InChI is InChI=1S/C17H20N4O5/c1-2-18-13(22)10-19-14(23)11-25-16(24)9-8-15-20-17(21-26-15)12-6-4-3-5-7-12/h3-7H,2,8-11H2,1H3,(H,18,22)(H,19,23). The summed E-state index contributed by atoms with van der Waals surface area (Å²) in [5.74, 6) is -0.677. The molecule has 0 fully saturated rings. The maximum atomic E-state index is 11.7. The maximum Gasteiger partial charge on any atom is 0.306 e. The molecule has 26 heavy (non-hydrogen) atoms. The smallest absolute Gasteiger partial charge is 0.306 e. The van der Waals surface area contributed by atoms with E-state index in [1.165, 1.54) is 0 Å². The molecule has 2 aromatic rings. The highest BCUT2D eigenvalue weighted by Crippen LogP contribution is 2.15. The fraction of sp³-hybridized carbons (Fsp3) is 0.353. The molecule has 1 aromatic heterocycles. The van der Waals surface area contributed by atoms with E-state index in [2.05, 4.69) is 20.8 Å². The van der Waals surface area contributed by atoms with Crippen LogP contribution in [0.15, 0.2) is 34.9 Å². The van der Waals surface area contributed by atoms with Crippen LogP contribution in [-0.4, -0.2) is 47.6 Å². The highest BCUT2D eigenvalue weighted by Gasteiger charge is 2.13. The lowest BCUT2D eigenvalue weighted by Crippen LogP contribution is -2.38. The molecule has 9 nitrogen and oxygen atoms in total. The molecule has 2 N–H and O–H groups in total. The van der Waals surface area contributed by atoms with Crippen molar-refractivity contribution in [2.45, 2.75) is 19.8 Å². The Morgan fingerprint density at radius 2 is 1.88 bits per heavy atom. The van der Waals surface area contributed by atoms with Crippen LogP contribution in [0.3, 0.4) is 0 Å². The van der Waals surface area contributed by atoms with E-state index in [9.17, 15) is 14.4 Å². The molecule has 0 saturated heterocycles. The zero-order valence-corrected chi connectivity index (χ0v) is 14.4. The fourth-order valence-corrected chi connectivity index (χ4v) is 1.98. The Morgan fingerprint density at radius 1 is 1.12 bits per heavy atom. The largest absolute Gasteiger partial charge is 0.456 e. The number of ether oxygens (including phenoxy) is 1. The number of amides is 2. The Hall–Kier alpha value is -3.23. The summed E-state index contributed by atoms with van der Waals surface area (Å²) in [6.07, 6.45) is 0.208. The first-order valence-corrected chi connectivity index (χ1v) is 8.15. The lowest BCUT2D eigenvalue weighted by molar-refractivity contribution is -0.148. The Bertz CT molecular complexity index is 745. The first-order valence-electron chi connectivity index (χ1n) is 8.15. The van der Waals surface area contributed by atoms with Crippen molar-refractivity contribution in [3.8, 4) is 11.4 Å². The minimum absolute atomic E-state index is 0.0000236. The molecule has 1 aromatic carbocycles. The number of nitrogens with zero attached hydrogens (tertiary/aromatic N) is 2. The highest BCUT2D eigenvalue weighted by molar-refractivity contribution is 5.86. The zero-order chi connectivity index (χ0) is 18.8. The monoisotopic (exact) mass is 360 g/mol. The molecule has 1 heterocycles. The number of carbonyl (C=O) groups is 3. The number of esters is 1. The van der Waals surface area contributed by atoms with Crippen LogP contribution in [0.25, 0.3) is 11.4 Å². The van der Waals surface area contributed by atoms with Crippen molar-refractivity contribution in [2.24, 2.45) is 0 Å². The van der Waals surface area contributed by atoms with Gasteiger partial charge in [-0.3, -0.25) is 14.4 Å². The van der Waals surface area contributed by atoms with E-state index < -0.39 is 18.5 Å². The van der Waals surface area contributed by atoms with Gasteiger partial charge in [0.25, 0.3) is 5.91 Å². The number of aryl methyl sites for hydroxylation is 1. The Balaban J connectivity index is 1.68. The van der Waals surface area contributed by atoms with Crippen molar-refractivity contribution < 1.29 is 23.6 Å². The summed E-state index contributed by atoms with van der Waals surface area (Å²) in [6.45, 7) is 1.64. The molecule has 0 unspecified atom stereocenters. The third-order valence-corrected chi connectivity index (χ3v) is 3.23. The molecular formula is C17H20N4O5. The van der Waals surface area contributed by atoms with Gasteiger partial charge in [0.2, 0.25) is 17.6 Å². The zero-order valence-electron chi connectivity index (χ0n) is 14.4. The SMILES string of the molecule is CCNC(=O)CNC(=O)COC(=O)CCc1nc(-c2ccccc2)no1. The van der Waals surface area contributed by atoms with Crippen LogP contribution in [0.4, 0.5) is 0 Å². The van der Waals surface area contributed by atoms with Gasteiger partial charge in [-0.1, -0.05) is 35.5 Å². The average Bonchev–Trinajstić information content (AvgIpc) is 3.13. The average molecular weight is 360 g/mol. The highest BCUT2D eigenvalue weighted by atomic mass is 16.5. The van der Waals surface area contributed by atoms with E-state index in [0.717, 1.165) is 5.56 Å². The molecule has 0 aliphatic heterocycles. The van der Waals surface area contributed by atoms with Gasteiger partial charge >= 0.3 is 5.97 Å². The second-order valence-electron chi connectivity index (χ2n) is 5.27. The van der Waals surface area contributed by atoms with Crippen LogP contribution in [0.1, 0.15) is 19.2 Å². The van der Waals surface area contributed by atoms with Crippen LogP contribution < -0.4 is 10.6 Å². The summed E-state index contributed by atoms with van der Waals surface area (Å²) in [5, 5.41) is 8.74. The van der Waals surface area contributed by atoms with E-state index in [4.69, 9.17) is 9.26 Å². The summed E-state index contributed by atoms with van der Waals surface area (Å²) < 4.78 is 9.93. The number of benzene rings is 1. The van der Waals surface area contributed by atoms with Crippen LogP contribution in [-0.2, 0) is 25.5 Å². The number of hydrogen-bond donors (Lipinski definition) is 2. The minimum Gasteiger partial charge on any atom is -0.456 e. The number of aromatic nitrogens is 2. The molecule has 0 atom stereocenters. The predicted molar refractivity (Wildman–Crippen MR) is 90.7 cm³/mol. The molecule has 0 radical (unpaired) electrons. The Kier molecular flexibility index (Phi) is 7.29. The first kappa shape index (κ1) is 19.1. The van der Waals surface area contributed by atoms with Gasteiger partial charge in [0, 0.05) is 18.5 Å². The third-order valence-electron chi connectivity index (χ3n) is 3.23. The number of hydrogen-bond acceptors (Lipinski definition) is 7. The molecule has 0 spiro atoms. The number of rotatable bonds is 9. The molecule has 138 valence electrons. The lowest BCUT2D eigenvalue weighted by atomic mass is 10.2. The minimum atomic E-state index is -0.572. The fourth-order valence-electron chi connectivity index (χ4n) is 1.98. The number of nitrogens with one attached hydrogen (secondary N) is 2. The molecule has 2 amide bonds. The summed E-state index contributed by atoms with van der Waals surface area (Å²) in [7, 11) is 0. The van der Waals surface area contributed by atoms with Crippen LogP contribution >= 0.6 is 0 Å². The summed E-state index contributed by atoms with van der Waals surface area (Å²) in [5.41, 5.74) is 0.814. The van der Waals surface area contributed by atoms with Crippen molar-refractivity contribution in [2.75, 3.05) is 19.7 Å². The predicted octanol–water partition coefficient (Wildman–Crippen LogP) is 0.465. The summed E-state index contributed by atoms with van der Waals surface area (Å²) in [6, 6.07) is 9.30. The van der Waals surface area contributed by atoms with Gasteiger partial charge in [-0.15, -0.1) is 0 Å². The van der Waals surface area contributed by atoms with E-state index in [1.807, 2.05) is 30.3 Å². The molecule has 9 heteroatoms. The van der Waals surface area contributed by atoms with E-state index in [0.29, 0.717) is 18.3 Å². The number of carbonyl (C=O) groups excluding carboxylic acids is 3. The molecule has 0 aliphatic rings.